The van der Waals surface area contributed by atoms with E-state index < -0.39 is 0 Å². The normalized spacial score (nSPS) is 16.2. The van der Waals surface area contributed by atoms with Crippen molar-refractivity contribution in [3.05, 3.63) is 29.3 Å². The number of hydrogen-bond donors (Lipinski definition) is 0. The second-order valence-electron chi connectivity index (χ2n) is 4.96. The summed E-state index contributed by atoms with van der Waals surface area (Å²) in [5, 5.41) is 0.812. The molecule has 0 amide bonds. The van der Waals surface area contributed by atoms with Crippen LogP contribution >= 0.6 is 11.6 Å². The zero-order valence-corrected chi connectivity index (χ0v) is 12.6. The second kappa shape index (κ2) is 7.50. The van der Waals surface area contributed by atoms with Gasteiger partial charge in [-0.1, -0.05) is 23.7 Å². The molecule has 1 saturated heterocycles. The highest BCUT2D eigenvalue weighted by molar-refractivity contribution is 6.33. The predicted molar refractivity (Wildman–Crippen MR) is 81.4 cm³/mol. The lowest BCUT2D eigenvalue weighted by Gasteiger charge is -2.36. The third-order valence-electron chi connectivity index (χ3n) is 3.65. The maximum Gasteiger partial charge on any atom is 0.305 e. The molecule has 20 heavy (non-hydrogen) atoms. The number of esters is 1. The monoisotopic (exact) mass is 296 g/mol. The summed E-state index contributed by atoms with van der Waals surface area (Å²) >= 11 is 6.22. The third-order valence-corrected chi connectivity index (χ3v) is 3.97. The first-order valence-electron chi connectivity index (χ1n) is 6.99. The number of benzene rings is 1. The molecule has 1 aliphatic heterocycles. The van der Waals surface area contributed by atoms with Gasteiger partial charge in [-0.15, -0.1) is 0 Å². The minimum absolute atomic E-state index is 0.125. The molecule has 2 rings (SSSR count). The largest absolute Gasteiger partial charge is 0.469 e. The van der Waals surface area contributed by atoms with Crippen LogP contribution in [0.3, 0.4) is 0 Å². The number of anilines is 1. The molecule has 0 spiro atoms. The third kappa shape index (κ3) is 4.12. The minimum atomic E-state index is -0.125. The fourth-order valence-corrected chi connectivity index (χ4v) is 2.72. The SMILES string of the molecule is COC(=O)CCCN1CCN(c2ccccc2Cl)CC1. The van der Waals surface area contributed by atoms with Gasteiger partial charge in [0.25, 0.3) is 0 Å². The average Bonchev–Trinajstić information content (AvgIpc) is 2.48. The lowest BCUT2D eigenvalue weighted by atomic mass is 10.2. The Labute approximate surface area is 125 Å². The molecular formula is C15H21ClN2O2. The molecule has 0 aliphatic carbocycles. The number of rotatable bonds is 5. The van der Waals surface area contributed by atoms with E-state index in [0.29, 0.717) is 6.42 Å². The summed E-state index contributed by atoms with van der Waals surface area (Å²) in [6, 6.07) is 7.97. The summed E-state index contributed by atoms with van der Waals surface area (Å²) in [5.74, 6) is -0.125. The van der Waals surface area contributed by atoms with Crippen molar-refractivity contribution in [3.63, 3.8) is 0 Å². The van der Waals surface area contributed by atoms with E-state index >= 15 is 0 Å². The van der Waals surface area contributed by atoms with E-state index in [4.69, 9.17) is 11.6 Å². The molecule has 0 radical (unpaired) electrons. The standard InChI is InChI=1S/C15H21ClN2O2/c1-20-15(19)7-4-8-17-9-11-18(12-10-17)14-6-3-2-5-13(14)16/h2-3,5-6H,4,7-12H2,1H3. The highest BCUT2D eigenvalue weighted by Crippen LogP contribution is 2.25. The molecule has 5 heteroatoms. The molecule has 0 saturated carbocycles. The summed E-state index contributed by atoms with van der Waals surface area (Å²) < 4.78 is 4.65. The number of halogens is 1. The summed E-state index contributed by atoms with van der Waals surface area (Å²) in [7, 11) is 1.44. The van der Waals surface area contributed by atoms with Gasteiger partial charge in [0.05, 0.1) is 17.8 Å². The molecule has 1 aromatic rings. The van der Waals surface area contributed by atoms with Crippen LogP contribution in [-0.2, 0) is 9.53 Å². The molecule has 1 heterocycles. The van der Waals surface area contributed by atoms with Crippen molar-refractivity contribution >= 4 is 23.3 Å². The summed E-state index contributed by atoms with van der Waals surface area (Å²) in [6.45, 7) is 4.91. The number of ether oxygens (including phenoxy) is 1. The minimum Gasteiger partial charge on any atom is -0.469 e. The van der Waals surface area contributed by atoms with Crippen LogP contribution in [0.4, 0.5) is 5.69 Å². The van der Waals surface area contributed by atoms with Crippen molar-refractivity contribution in [2.24, 2.45) is 0 Å². The van der Waals surface area contributed by atoms with Gasteiger partial charge in [0, 0.05) is 32.6 Å². The number of para-hydroxylation sites is 1. The van der Waals surface area contributed by atoms with Crippen LogP contribution in [-0.4, -0.2) is 50.7 Å². The van der Waals surface area contributed by atoms with Gasteiger partial charge in [-0.25, -0.2) is 0 Å². The van der Waals surface area contributed by atoms with Gasteiger partial charge in [0.1, 0.15) is 0 Å². The summed E-state index contributed by atoms with van der Waals surface area (Å²) in [4.78, 5) is 15.8. The van der Waals surface area contributed by atoms with Crippen molar-refractivity contribution in [1.29, 1.82) is 0 Å². The number of carbonyl (C=O) groups is 1. The van der Waals surface area contributed by atoms with Crippen LogP contribution in [0.1, 0.15) is 12.8 Å². The van der Waals surface area contributed by atoms with Gasteiger partial charge in [0.15, 0.2) is 0 Å². The zero-order chi connectivity index (χ0) is 14.4. The molecule has 0 unspecified atom stereocenters. The molecule has 0 aromatic heterocycles. The van der Waals surface area contributed by atoms with Crippen molar-refractivity contribution < 1.29 is 9.53 Å². The molecule has 4 nitrogen and oxygen atoms in total. The Hall–Kier alpha value is -1.26. The van der Waals surface area contributed by atoms with Crippen LogP contribution in [0, 0.1) is 0 Å². The van der Waals surface area contributed by atoms with Crippen molar-refractivity contribution in [2.45, 2.75) is 12.8 Å². The van der Waals surface area contributed by atoms with Gasteiger partial charge in [0.2, 0.25) is 0 Å². The number of carbonyl (C=O) groups excluding carboxylic acids is 1. The molecule has 0 atom stereocenters. The molecule has 110 valence electrons. The van der Waals surface area contributed by atoms with E-state index in [1.807, 2.05) is 18.2 Å². The van der Waals surface area contributed by atoms with Gasteiger partial charge < -0.3 is 9.64 Å². The van der Waals surface area contributed by atoms with Crippen molar-refractivity contribution in [1.82, 2.24) is 4.90 Å². The molecule has 1 fully saturated rings. The van der Waals surface area contributed by atoms with E-state index in [1.165, 1.54) is 7.11 Å². The van der Waals surface area contributed by atoms with Crippen LogP contribution < -0.4 is 4.90 Å². The maximum absolute atomic E-state index is 11.1. The Bertz CT molecular complexity index is 445. The Morgan fingerprint density at radius 1 is 1.25 bits per heavy atom. The molecular weight excluding hydrogens is 276 g/mol. The van der Waals surface area contributed by atoms with Gasteiger partial charge in [-0.2, -0.15) is 0 Å². The first kappa shape index (κ1) is 15.1. The molecule has 1 aromatic carbocycles. The number of hydrogen-bond acceptors (Lipinski definition) is 4. The molecule has 0 bridgehead atoms. The molecule has 1 aliphatic rings. The fourth-order valence-electron chi connectivity index (χ4n) is 2.47. The van der Waals surface area contributed by atoms with E-state index in [2.05, 4.69) is 20.6 Å². The van der Waals surface area contributed by atoms with Crippen molar-refractivity contribution in [3.8, 4) is 0 Å². The van der Waals surface area contributed by atoms with Gasteiger partial charge in [-0.05, 0) is 25.1 Å². The number of nitrogens with zero attached hydrogens (tertiary/aromatic N) is 2. The quantitative estimate of drug-likeness (QED) is 0.781. The Morgan fingerprint density at radius 3 is 2.60 bits per heavy atom. The van der Waals surface area contributed by atoms with E-state index in [9.17, 15) is 4.79 Å². The van der Waals surface area contributed by atoms with Crippen LogP contribution in [0.25, 0.3) is 0 Å². The topological polar surface area (TPSA) is 32.8 Å². The lowest BCUT2D eigenvalue weighted by Crippen LogP contribution is -2.46. The summed E-state index contributed by atoms with van der Waals surface area (Å²) in [6.07, 6.45) is 1.36. The Balaban J connectivity index is 1.75. The van der Waals surface area contributed by atoms with Crippen molar-refractivity contribution in [2.75, 3.05) is 44.7 Å². The number of piperazine rings is 1. The van der Waals surface area contributed by atoms with Crippen LogP contribution in [0.15, 0.2) is 24.3 Å². The Kier molecular flexibility index (Phi) is 5.68. The van der Waals surface area contributed by atoms with Crippen LogP contribution in [0.5, 0.6) is 0 Å². The number of methoxy groups -OCH3 is 1. The van der Waals surface area contributed by atoms with Gasteiger partial charge in [-0.3, -0.25) is 9.69 Å². The van der Waals surface area contributed by atoms with E-state index in [-0.39, 0.29) is 5.97 Å². The van der Waals surface area contributed by atoms with Crippen LogP contribution in [0.2, 0.25) is 5.02 Å². The first-order chi connectivity index (χ1) is 9.70. The van der Waals surface area contributed by atoms with Gasteiger partial charge >= 0.3 is 5.97 Å². The first-order valence-corrected chi connectivity index (χ1v) is 7.37. The smallest absolute Gasteiger partial charge is 0.305 e. The maximum atomic E-state index is 11.1. The average molecular weight is 297 g/mol. The lowest BCUT2D eigenvalue weighted by molar-refractivity contribution is -0.140. The highest BCUT2D eigenvalue weighted by Gasteiger charge is 2.18. The molecule has 0 N–H and O–H groups in total. The highest BCUT2D eigenvalue weighted by atomic mass is 35.5. The van der Waals surface area contributed by atoms with E-state index in [0.717, 1.165) is 49.9 Å². The predicted octanol–water partition coefficient (Wildman–Crippen LogP) is 2.42. The fraction of sp³-hybridized carbons (Fsp3) is 0.533. The summed E-state index contributed by atoms with van der Waals surface area (Å²) in [5.41, 5.74) is 1.11. The second-order valence-corrected chi connectivity index (χ2v) is 5.37. The van der Waals surface area contributed by atoms with E-state index in [1.54, 1.807) is 0 Å². The Morgan fingerprint density at radius 2 is 1.95 bits per heavy atom. The zero-order valence-electron chi connectivity index (χ0n) is 11.8.